The van der Waals surface area contributed by atoms with Crippen molar-refractivity contribution in [2.75, 3.05) is 6.54 Å². The molecule has 0 aromatic carbocycles. The number of hydrogen-bond acceptors (Lipinski definition) is 1. The highest BCUT2D eigenvalue weighted by atomic mass is 35.5. The molecule has 92 valence electrons. The van der Waals surface area contributed by atoms with Crippen LogP contribution in [-0.4, -0.2) is 11.9 Å². The van der Waals surface area contributed by atoms with E-state index in [4.69, 9.17) is 11.6 Å². The zero-order valence-electron chi connectivity index (χ0n) is 10.2. The zero-order chi connectivity index (χ0) is 11.7. The molecule has 2 atom stereocenters. The predicted molar refractivity (Wildman–Crippen MR) is 73.1 cm³/mol. The Morgan fingerprint density at radius 3 is 3.06 bits per heavy atom. The SMILES string of the molecule is Cl[C@@H]1C=CC2=C(C3=CCCCC3)NCCC2C1. The standard InChI is InChI=1S/C15H20ClN/c16-13-6-7-14-12(10-13)8-9-17-15(14)11-4-2-1-3-5-11/h4,6-7,12-13,17H,1-3,5,8-10H2/t12?,13-/m1/s1. The number of halogens is 1. The lowest BCUT2D eigenvalue weighted by Gasteiger charge is -2.33. The third-order valence-electron chi connectivity index (χ3n) is 4.13. The van der Waals surface area contributed by atoms with Crippen molar-refractivity contribution in [1.29, 1.82) is 0 Å². The van der Waals surface area contributed by atoms with Gasteiger partial charge in [-0.3, -0.25) is 0 Å². The molecule has 2 aliphatic carbocycles. The van der Waals surface area contributed by atoms with Crippen LogP contribution in [0.4, 0.5) is 0 Å². The fourth-order valence-electron chi connectivity index (χ4n) is 3.22. The van der Waals surface area contributed by atoms with Crippen LogP contribution in [0.15, 0.2) is 35.1 Å². The second-order valence-electron chi connectivity index (χ2n) is 5.33. The van der Waals surface area contributed by atoms with Crippen LogP contribution in [0.5, 0.6) is 0 Å². The largest absolute Gasteiger partial charge is 0.385 e. The van der Waals surface area contributed by atoms with Crippen molar-refractivity contribution in [2.45, 2.75) is 43.9 Å². The summed E-state index contributed by atoms with van der Waals surface area (Å²) in [4.78, 5) is 0. The minimum absolute atomic E-state index is 0.239. The van der Waals surface area contributed by atoms with E-state index >= 15 is 0 Å². The molecule has 0 aromatic heterocycles. The first-order valence-electron chi connectivity index (χ1n) is 6.84. The second kappa shape index (κ2) is 4.89. The highest BCUT2D eigenvalue weighted by Crippen LogP contribution is 2.37. The zero-order valence-corrected chi connectivity index (χ0v) is 11.0. The van der Waals surface area contributed by atoms with Crippen LogP contribution < -0.4 is 5.32 Å². The first-order valence-corrected chi connectivity index (χ1v) is 7.28. The number of hydrogen-bond donors (Lipinski definition) is 1. The van der Waals surface area contributed by atoms with Crippen molar-refractivity contribution in [1.82, 2.24) is 5.32 Å². The first kappa shape index (κ1) is 11.4. The molecule has 3 rings (SSSR count). The molecular weight excluding hydrogens is 230 g/mol. The lowest BCUT2D eigenvalue weighted by atomic mass is 9.80. The number of allylic oxidation sites excluding steroid dienone is 5. The average Bonchev–Trinajstić information content (AvgIpc) is 2.39. The fourth-order valence-corrected chi connectivity index (χ4v) is 3.51. The summed E-state index contributed by atoms with van der Waals surface area (Å²) in [5, 5.41) is 3.86. The van der Waals surface area contributed by atoms with E-state index in [2.05, 4.69) is 23.5 Å². The molecule has 1 unspecified atom stereocenters. The van der Waals surface area contributed by atoms with Gasteiger partial charge in [0.2, 0.25) is 0 Å². The fraction of sp³-hybridized carbons (Fsp3) is 0.600. The topological polar surface area (TPSA) is 12.0 Å². The maximum atomic E-state index is 6.23. The summed E-state index contributed by atoms with van der Waals surface area (Å²) >= 11 is 6.23. The third-order valence-corrected chi connectivity index (χ3v) is 4.45. The van der Waals surface area contributed by atoms with Crippen LogP contribution in [0.2, 0.25) is 0 Å². The molecule has 2 heteroatoms. The maximum absolute atomic E-state index is 6.23. The van der Waals surface area contributed by atoms with Crippen LogP contribution in [0.25, 0.3) is 0 Å². The van der Waals surface area contributed by atoms with Gasteiger partial charge in [-0.05, 0) is 55.6 Å². The van der Waals surface area contributed by atoms with E-state index in [1.165, 1.54) is 43.4 Å². The molecular formula is C15H20ClN. The number of nitrogens with one attached hydrogen (secondary N) is 1. The molecule has 0 bridgehead atoms. The van der Waals surface area contributed by atoms with E-state index in [0.29, 0.717) is 5.92 Å². The summed E-state index contributed by atoms with van der Waals surface area (Å²) < 4.78 is 0. The molecule has 0 aromatic rings. The molecule has 3 aliphatic rings. The van der Waals surface area contributed by atoms with Crippen molar-refractivity contribution in [3.8, 4) is 0 Å². The van der Waals surface area contributed by atoms with Gasteiger partial charge in [0.05, 0.1) is 5.38 Å². The summed E-state index contributed by atoms with van der Waals surface area (Å²) in [6, 6.07) is 0. The van der Waals surface area contributed by atoms with Gasteiger partial charge in [0, 0.05) is 12.2 Å². The smallest absolute Gasteiger partial charge is 0.0525 e. The van der Waals surface area contributed by atoms with E-state index < -0.39 is 0 Å². The lowest BCUT2D eigenvalue weighted by Crippen LogP contribution is -2.31. The summed E-state index contributed by atoms with van der Waals surface area (Å²) in [6.45, 7) is 1.11. The van der Waals surface area contributed by atoms with Crippen molar-refractivity contribution in [2.24, 2.45) is 5.92 Å². The van der Waals surface area contributed by atoms with Gasteiger partial charge >= 0.3 is 0 Å². The van der Waals surface area contributed by atoms with E-state index in [-0.39, 0.29) is 5.38 Å². The van der Waals surface area contributed by atoms with E-state index in [9.17, 15) is 0 Å². The highest BCUT2D eigenvalue weighted by molar-refractivity contribution is 6.21. The minimum atomic E-state index is 0.239. The number of alkyl halides is 1. The van der Waals surface area contributed by atoms with Crippen LogP contribution in [-0.2, 0) is 0 Å². The lowest BCUT2D eigenvalue weighted by molar-refractivity contribution is 0.474. The van der Waals surface area contributed by atoms with Crippen molar-refractivity contribution in [3.05, 3.63) is 35.1 Å². The van der Waals surface area contributed by atoms with Crippen molar-refractivity contribution in [3.63, 3.8) is 0 Å². The Bertz CT molecular complexity index is 392. The van der Waals surface area contributed by atoms with Crippen LogP contribution in [0.3, 0.4) is 0 Å². The molecule has 0 saturated heterocycles. The van der Waals surface area contributed by atoms with Gasteiger partial charge in [-0.2, -0.15) is 0 Å². The van der Waals surface area contributed by atoms with Gasteiger partial charge in [-0.1, -0.05) is 18.2 Å². The molecule has 0 fully saturated rings. The summed E-state index contributed by atoms with van der Waals surface area (Å²) in [5.74, 6) is 0.682. The van der Waals surface area contributed by atoms with Crippen LogP contribution in [0, 0.1) is 5.92 Å². The Morgan fingerprint density at radius 1 is 1.29 bits per heavy atom. The molecule has 0 amide bonds. The third kappa shape index (κ3) is 2.30. The Kier molecular flexibility index (Phi) is 3.28. The first-order chi connectivity index (χ1) is 8.34. The monoisotopic (exact) mass is 249 g/mol. The van der Waals surface area contributed by atoms with E-state index in [1.807, 2.05) is 0 Å². The molecule has 1 heterocycles. The van der Waals surface area contributed by atoms with E-state index in [0.717, 1.165) is 13.0 Å². The number of fused-ring (bicyclic) bond motifs is 1. The molecule has 1 nitrogen and oxygen atoms in total. The van der Waals surface area contributed by atoms with Crippen LogP contribution in [0.1, 0.15) is 38.5 Å². The summed E-state index contributed by atoms with van der Waals surface area (Å²) in [7, 11) is 0. The van der Waals surface area contributed by atoms with Crippen molar-refractivity contribution < 1.29 is 0 Å². The van der Waals surface area contributed by atoms with Gasteiger partial charge in [-0.15, -0.1) is 11.6 Å². The summed E-state index contributed by atoms with van der Waals surface area (Å²) in [5.41, 5.74) is 4.50. The molecule has 0 radical (unpaired) electrons. The van der Waals surface area contributed by atoms with Crippen LogP contribution >= 0.6 is 11.6 Å². The molecule has 17 heavy (non-hydrogen) atoms. The van der Waals surface area contributed by atoms with Gasteiger partial charge in [0.1, 0.15) is 0 Å². The Morgan fingerprint density at radius 2 is 2.24 bits per heavy atom. The van der Waals surface area contributed by atoms with E-state index in [1.54, 1.807) is 5.57 Å². The molecule has 1 aliphatic heterocycles. The van der Waals surface area contributed by atoms with Gasteiger partial charge in [-0.25, -0.2) is 0 Å². The highest BCUT2D eigenvalue weighted by Gasteiger charge is 2.27. The Hall–Kier alpha value is -0.690. The quantitative estimate of drug-likeness (QED) is 0.695. The van der Waals surface area contributed by atoms with Crippen molar-refractivity contribution >= 4 is 11.6 Å². The predicted octanol–water partition coefficient (Wildman–Crippen LogP) is 3.92. The Balaban J connectivity index is 1.95. The molecule has 0 saturated carbocycles. The average molecular weight is 250 g/mol. The minimum Gasteiger partial charge on any atom is -0.385 e. The normalized spacial score (nSPS) is 32.9. The maximum Gasteiger partial charge on any atom is 0.0525 e. The van der Waals surface area contributed by atoms with Gasteiger partial charge in [0.25, 0.3) is 0 Å². The van der Waals surface area contributed by atoms with Gasteiger partial charge in [0.15, 0.2) is 0 Å². The Labute approximate surface area is 109 Å². The summed E-state index contributed by atoms with van der Waals surface area (Å²) in [6.07, 6.45) is 14.4. The molecule has 1 N–H and O–H groups in total. The number of rotatable bonds is 1. The molecule has 0 spiro atoms. The van der Waals surface area contributed by atoms with Gasteiger partial charge < -0.3 is 5.32 Å². The second-order valence-corrected chi connectivity index (χ2v) is 5.89.